The molecule has 0 spiro atoms. The lowest BCUT2D eigenvalue weighted by atomic mass is 9.94. The summed E-state index contributed by atoms with van der Waals surface area (Å²) in [7, 11) is 0. The molecule has 1 saturated heterocycles. The summed E-state index contributed by atoms with van der Waals surface area (Å²) in [6.07, 6.45) is 1.48. The maximum Gasteiger partial charge on any atom is 0.309 e. The Bertz CT molecular complexity index is 520. The van der Waals surface area contributed by atoms with Gasteiger partial charge in [0.15, 0.2) is 0 Å². The average molecular weight is 343 g/mol. The van der Waals surface area contributed by atoms with E-state index < -0.39 is 0 Å². The van der Waals surface area contributed by atoms with E-state index >= 15 is 0 Å². The van der Waals surface area contributed by atoms with Gasteiger partial charge < -0.3 is 4.74 Å². The Balaban J connectivity index is 0.00000242. The lowest BCUT2D eigenvalue weighted by Crippen LogP contribution is -2.38. The predicted octanol–water partition coefficient (Wildman–Crippen LogP) is 3.60. The maximum absolute atomic E-state index is 11.7. The van der Waals surface area contributed by atoms with Crippen LogP contribution >= 0.6 is 24.0 Å². The molecule has 1 atom stereocenters. The molecule has 1 heterocycles. The topological polar surface area (TPSA) is 53.3 Å². The van der Waals surface area contributed by atoms with Crippen molar-refractivity contribution in [1.29, 1.82) is 5.26 Å². The number of carbonyl (C=O) groups excluding carboxylic acids is 1. The van der Waals surface area contributed by atoms with E-state index in [4.69, 9.17) is 16.3 Å². The Labute approximate surface area is 142 Å². The number of piperidine rings is 1. The molecule has 0 bridgehead atoms. The number of nitrogens with zero attached hydrogens (tertiary/aromatic N) is 2. The molecular weight excluding hydrogens is 323 g/mol. The minimum atomic E-state index is -0.287. The smallest absolute Gasteiger partial charge is 0.309 e. The van der Waals surface area contributed by atoms with Gasteiger partial charge in [-0.05, 0) is 37.5 Å². The highest BCUT2D eigenvalue weighted by atomic mass is 35.5. The van der Waals surface area contributed by atoms with Crippen LogP contribution in [-0.4, -0.2) is 30.6 Å². The van der Waals surface area contributed by atoms with E-state index in [-0.39, 0.29) is 30.3 Å². The molecule has 1 aliphatic heterocycles. The number of esters is 1. The summed E-state index contributed by atoms with van der Waals surface area (Å²) in [6, 6.07) is 9.42. The van der Waals surface area contributed by atoms with Crippen LogP contribution in [-0.2, 0) is 9.53 Å². The summed E-state index contributed by atoms with van der Waals surface area (Å²) in [5.41, 5.74) is 0.941. The summed E-state index contributed by atoms with van der Waals surface area (Å²) in [5.74, 6) is -0.150. The molecule has 0 saturated carbocycles. The third-order valence-electron chi connectivity index (χ3n) is 3.82. The molecule has 0 N–H and O–H groups in total. The van der Waals surface area contributed by atoms with Crippen LogP contribution in [0.2, 0.25) is 5.02 Å². The maximum atomic E-state index is 11.7. The second kappa shape index (κ2) is 8.99. The van der Waals surface area contributed by atoms with E-state index in [0.29, 0.717) is 11.6 Å². The number of benzene rings is 1. The monoisotopic (exact) mass is 342 g/mol. The zero-order chi connectivity index (χ0) is 15.2. The SMILES string of the molecule is CCOC(=O)C1CCN(C(C#N)c2ccc(Cl)cc2)CC1.Cl. The summed E-state index contributed by atoms with van der Waals surface area (Å²) >= 11 is 5.88. The highest BCUT2D eigenvalue weighted by Gasteiger charge is 2.30. The van der Waals surface area contributed by atoms with Gasteiger partial charge >= 0.3 is 5.97 Å². The first-order valence-electron chi connectivity index (χ1n) is 7.21. The van der Waals surface area contributed by atoms with E-state index in [2.05, 4.69) is 11.0 Å². The van der Waals surface area contributed by atoms with Crippen molar-refractivity contribution >= 4 is 30.0 Å². The molecule has 1 unspecified atom stereocenters. The van der Waals surface area contributed by atoms with E-state index in [0.717, 1.165) is 31.5 Å². The Morgan fingerprint density at radius 1 is 1.41 bits per heavy atom. The highest BCUT2D eigenvalue weighted by Crippen LogP contribution is 2.27. The highest BCUT2D eigenvalue weighted by molar-refractivity contribution is 6.30. The van der Waals surface area contributed by atoms with Crippen LogP contribution in [0.3, 0.4) is 0 Å². The predicted molar refractivity (Wildman–Crippen MR) is 88.0 cm³/mol. The van der Waals surface area contributed by atoms with Gasteiger partial charge in [-0.3, -0.25) is 9.69 Å². The van der Waals surface area contributed by atoms with E-state index in [1.807, 2.05) is 19.1 Å². The van der Waals surface area contributed by atoms with Crippen LogP contribution in [0.15, 0.2) is 24.3 Å². The van der Waals surface area contributed by atoms with E-state index in [1.54, 1.807) is 12.1 Å². The Morgan fingerprint density at radius 3 is 2.50 bits per heavy atom. The number of halogens is 2. The Kier molecular flexibility index (Phi) is 7.67. The van der Waals surface area contributed by atoms with Crippen molar-refractivity contribution in [3.8, 4) is 6.07 Å². The molecule has 22 heavy (non-hydrogen) atoms. The van der Waals surface area contributed by atoms with Crippen LogP contribution in [0.4, 0.5) is 0 Å². The van der Waals surface area contributed by atoms with Crippen molar-refractivity contribution in [1.82, 2.24) is 4.90 Å². The van der Waals surface area contributed by atoms with E-state index in [1.165, 1.54) is 0 Å². The lowest BCUT2D eigenvalue weighted by molar-refractivity contribution is -0.149. The van der Waals surface area contributed by atoms with Gasteiger partial charge in [-0.2, -0.15) is 5.26 Å². The number of rotatable bonds is 4. The molecule has 0 radical (unpaired) electrons. The molecule has 1 aromatic rings. The first-order valence-corrected chi connectivity index (χ1v) is 7.59. The van der Waals surface area contributed by atoms with E-state index in [9.17, 15) is 10.1 Å². The van der Waals surface area contributed by atoms with Gasteiger partial charge in [-0.15, -0.1) is 12.4 Å². The van der Waals surface area contributed by atoms with Crippen LogP contribution < -0.4 is 0 Å². The van der Waals surface area contributed by atoms with Crippen molar-refractivity contribution in [2.24, 2.45) is 5.92 Å². The first-order chi connectivity index (χ1) is 10.2. The zero-order valence-electron chi connectivity index (χ0n) is 12.5. The molecule has 1 aliphatic rings. The third kappa shape index (κ3) is 4.61. The number of ether oxygens (including phenoxy) is 1. The third-order valence-corrected chi connectivity index (χ3v) is 4.07. The largest absolute Gasteiger partial charge is 0.466 e. The van der Waals surface area contributed by atoms with Gasteiger partial charge in [-0.25, -0.2) is 0 Å². The van der Waals surface area contributed by atoms with Gasteiger partial charge in [-0.1, -0.05) is 23.7 Å². The van der Waals surface area contributed by atoms with Gasteiger partial charge in [0.2, 0.25) is 0 Å². The molecule has 1 fully saturated rings. The average Bonchev–Trinajstić information content (AvgIpc) is 2.51. The fourth-order valence-corrected chi connectivity index (χ4v) is 2.79. The minimum absolute atomic E-state index is 0. The van der Waals surface area contributed by atoms with Gasteiger partial charge in [0, 0.05) is 18.1 Å². The fraction of sp³-hybridized carbons (Fsp3) is 0.500. The quantitative estimate of drug-likeness (QED) is 0.784. The molecule has 0 amide bonds. The van der Waals surface area contributed by atoms with Crippen molar-refractivity contribution in [3.05, 3.63) is 34.9 Å². The molecule has 2 rings (SSSR count). The number of likely N-dealkylation sites (tertiary alicyclic amines) is 1. The second-order valence-electron chi connectivity index (χ2n) is 5.15. The standard InChI is InChI=1S/C16H19ClN2O2.ClH/c1-2-21-16(20)13-7-9-19(10-8-13)15(11-18)12-3-5-14(17)6-4-12;/h3-6,13,15H,2,7-10H2,1H3;1H. The van der Waals surface area contributed by atoms with Gasteiger partial charge in [0.25, 0.3) is 0 Å². The Morgan fingerprint density at radius 2 is 2.00 bits per heavy atom. The van der Waals surface area contributed by atoms with Gasteiger partial charge in [0.05, 0.1) is 18.6 Å². The molecule has 1 aromatic carbocycles. The van der Waals surface area contributed by atoms with Crippen LogP contribution in [0, 0.1) is 17.2 Å². The number of hydrogen-bond acceptors (Lipinski definition) is 4. The zero-order valence-corrected chi connectivity index (χ0v) is 14.1. The molecule has 6 heteroatoms. The summed E-state index contributed by atoms with van der Waals surface area (Å²) in [5, 5.41) is 10.1. The summed E-state index contributed by atoms with van der Waals surface area (Å²) in [4.78, 5) is 13.8. The van der Waals surface area contributed by atoms with Crippen LogP contribution in [0.1, 0.15) is 31.4 Å². The second-order valence-corrected chi connectivity index (χ2v) is 5.58. The van der Waals surface area contributed by atoms with Crippen molar-refractivity contribution in [2.45, 2.75) is 25.8 Å². The summed E-state index contributed by atoms with van der Waals surface area (Å²) < 4.78 is 5.06. The first kappa shape index (κ1) is 18.8. The number of nitriles is 1. The number of carbonyl (C=O) groups is 1. The molecule has 0 aliphatic carbocycles. The van der Waals surface area contributed by atoms with Crippen molar-refractivity contribution in [2.75, 3.05) is 19.7 Å². The van der Waals surface area contributed by atoms with Gasteiger partial charge in [0.1, 0.15) is 6.04 Å². The molecule has 4 nitrogen and oxygen atoms in total. The molecule has 120 valence electrons. The van der Waals surface area contributed by atoms with Crippen LogP contribution in [0.25, 0.3) is 0 Å². The number of hydrogen-bond donors (Lipinski definition) is 0. The summed E-state index contributed by atoms with van der Waals surface area (Å²) in [6.45, 7) is 3.69. The minimum Gasteiger partial charge on any atom is -0.466 e. The Hall–Kier alpha value is -1.28. The molecular formula is C16H20Cl2N2O2. The molecule has 0 aromatic heterocycles. The normalized spacial score (nSPS) is 17.1. The lowest BCUT2D eigenvalue weighted by Gasteiger charge is -2.33. The van der Waals surface area contributed by atoms with Crippen LogP contribution in [0.5, 0.6) is 0 Å². The fourth-order valence-electron chi connectivity index (χ4n) is 2.67. The van der Waals surface area contributed by atoms with Crippen molar-refractivity contribution in [3.63, 3.8) is 0 Å². The van der Waals surface area contributed by atoms with Crippen molar-refractivity contribution < 1.29 is 9.53 Å².